The van der Waals surface area contributed by atoms with Crippen LogP contribution < -0.4 is 5.73 Å². The van der Waals surface area contributed by atoms with Crippen LogP contribution in [0.15, 0.2) is 12.3 Å². The average molecular weight is 262 g/mol. The highest BCUT2D eigenvalue weighted by molar-refractivity contribution is 7.99. The molecular formula is C13H18N4S. The predicted octanol–water partition coefficient (Wildman–Crippen LogP) is 2.61. The molecule has 0 spiro atoms. The second-order valence-corrected chi connectivity index (χ2v) is 6.33. The summed E-state index contributed by atoms with van der Waals surface area (Å²) in [5, 5.41) is 0.654. The number of fused-ring (bicyclic) bond motifs is 1. The van der Waals surface area contributed by atoms with Crippen molar-refractivity contribution in [2.75, 3.05) is 11.5 Å². The highest BCUT2D eigenvalue weighted by Crippen LogP contribution is 2.28. The van der Waals surface area contributed by atoms with Crippen LogP contribution in [0.2, 0.25) is 0 Å². The van der Waals surface area contributed by atoms with Gasteiger partial charge < -0.3 is 5.73 Å². The lowest BCUT2D eigenvalue weighted by atomic mass is 10.2. The normalized spacial score (nSPS) is 20.4. The first-order valence-electron chi connectivity index (χ1n) is 6.44. The summed E-state index contributed by atoms with van der Waals surface area (Å²) in [6.45, 7) is 2.96. The number of hydrogen-bond acceptors (Lipinski definition) is 4. The van der Waals surface area contributed by atoms with Gasteiger partial charge in [-0.2, -0.15) is 11.8 Å². The minimum atomic E-state index is 0.592. The zero-order valence-electron chi connectivity index (χ0n) is 10.6. The molecule has 4 nitrogen and oxygen atoms in total. The fourth-order valence-electron chi connectivity index (χ4n) is 2.46. The van der Waals surface area contributed by atoms with E-state index in [2.05, 4.69) is 14.5 Å². The molecule has 0 aliphatic carbocycles. The third-order valence-electron chi connectivity index (χ3n) is 3.41. The Balaban J connectivity index is 1.92. The second kappa shape index (κ2) is 4.80. The van der Waals surface area contributed by atoms with Gasteiger partial charge in [-0.3, -0.25) is 4.57 Å². The molecule has 18 heavy (non-hydrogen) atoms. The largest absolute Gasteiger partial charge is 0.369 e. The third kappa shape index (κ3) is 2.19. The highest BCUT2D eigenvalue weighted by atomic mass is 32.2. The Morgan fingerprint density at radius 1 is 1.50 bits per heavy atom. The van der Waals surface area contributed by atoms with Crippen LogP contribution in [0, 0.1) is 6.92 Å². The van der Waals surface area contributed by atoms with Crippen molar-refractivity contribution in [1.29, 1.82) is 0 Å². The molecule has 0 saturated carbocycles. The van der Waals surface area contributed by atoms with Crippen LogP contribution in [0.3, 0.4) is 0 Å². The minimum Gasteiger partial charge on any atom is -0.369 e. The van der Waals surface area contributed by atoms with Crippen LogP contribution in [0.5, 0.6) is 0 Å². The smallest absolute Gasteiger partial charge is 0.202 e. The number of anilines is 1. The Bertz CT molecular complexity index is 557. The van der Waals surface area contributed by atoms with Gasteiger partial charge in [-0.15, -0.1) is 0 Å². The molecule has 1 fully saturated rings. The second-order valence-electron chi connectivity index (χ2n) is 4.92. The molecule has 1 aliphatic rings. The number of nitrogen functional groups attached to an aromatic ring is 1. The van der Waals surface area contributed by atoms with Crippen molar-refractivity contribution in [3.63, 3.8) is 0 Å². The first-order valence-corrected chi connectivity index (χ1v) is 7.49. The number of nitrogens with two attached hydrogens (primary N) is 1. The van der Waals surface area contributed by atoms with Crippen molar-refractivity contribution >= 4 is 28.9 Å². The van der Waals surface area contributed by atoms with Gasteiger partial charge in [0, 0.05) is 18.0 Å². The summed E-state index contributed by atoms with van der Waals surface area (Å²) in [7, 11) is 0. The van der Waals surface area contributed by atoms with Crippen LogP contribution in [0.25, 0.3) is 11.2 Å². The summed E-state index contributed by atoms with van der Waals surface area (Å²) in [5.74, 6) is 1.86. The standard InChI is InChI=1S/C13H18N4S/c1-9-6-11-12(15-7-9)17(13(14)16-11)8-10-4-2-3-5-18-10/h6-7,10H,2-5,8H2,1H3,(H2,14,16). The zero-order valence-corrected chi connectivity index (χ0v) is 11.4. The number of rotatable bonds is 2. The molecule has 1 unspecified atom stereocenters. The van der Waals surface area contributed by atoms with Crippen molar-refractivity contribution in [2.24, 2.45) is 0 Å². The van der Waals surface area contributed by atoms with Crippen molar-refractivity contribution in [2.45, 2.75) is 38.0 Å². The van der Waals surface area contributed by atoms with Gasteiger partial charge in [0.05, 0.1) is 0 Å². The van der Waals surface area contributed by atoms with Crippen molar-refractivity contribution in [1.82, 2.24) is 14.5 Å². The molecule has 3 rings (SSSR count). The lowest BCUT2D eigenvalue weighted by molar-refractivity contribution is 0.593. The number of aryl methyl sites for hydroxylation is 1. The molecule has 2 aromatic rings. The SMILES string of the molecule is Cc1cnc2c(c1)nc(N)n2CC1CCCCS1. The number of thioether (sulfide) groups is 1. The Morgan fingerprint density at radius 2 is 2.39 bits per heavy atom. The van der Waals surface area contributed by atoms with Crippen LogP contribution in [0.4, 0.5) is 5.95 Å². The molecule has 2 aromatic heterocycles. The topological polar surface area (TPSA) is 56.7 Å². The van der Waals surface area contributed by atoms with Gasteiger partial charge in [-0.25, -0.2) is 9.97 Å². The molecule has 96 valence electrons. The molecule has 2 N–H and O–H groups in total. The van der Waals surface area contributed by atoms with Gasteiger partial charge in [-0.1, -0.05) is 6.42 Å². The molecule has 1 saturated heterocycles. The number of aromatic nitrogens is 3. The van der Waals surface area contributed by atoms with E-state index in [9.17, 15) is 0 Å². The molecule has 1 aliphatic heterocycles. The van der Waals surface area contributed by atoms with E-state index >= 15 is 0 Å². The van der Waals surface area contributed by atoms with Gasteiger partial charge >= 0.3 is 0 Å². The number of hydrogen-bond donors (Lipinski definition) is 1. The fourth-order valence-corrected chi connectivity index (χ4v) is 3.76. The Hall–Kier alpha value is -1.23. The molecule has 3 heterocycles. The molecular weight excluding hydrogens is 244 g/mol. The lowest BCUT2D eigenvalue weighted by Gasteiger charge is -2.22. The van der Waals surface area contributed by atoms with Crippen molar-refractivity contribution in [3.05, 3.63) is 17.8 Å². The van der Waals surface area contributed by atoms with E-state index in [4.69, 9.17) is 5.73 Å². The Labute approximate surface area is 111 Å². The molecule has 0 radical (unpaired) electrons. The summed E-state index contributed by atoms with van der Waals surface area (Å²) in [6.07, 6.45) is 5.83. The Kier molecular flexibility index (Phi) is 3.16. The van der Waals surface area contributed by atoms with E-state index in [1.165, 1.54) is 25.0 Å². The molecule has 5 heteroatoms. The minimum absolute atomic E-state index is 0.592. The monoisotopic (exact) mass is 262 g/mol. The van der Waals surface area contributed by atoms with Gasteiger partial charge in [0.1, 0.15) is 5.52 Å². The maximum absolute atomic E-state index is 6.02. The maximum Gasteiger partial charge on any atom is 0.202 e. The molecule has 1 atom stereocenters. The summed E-state index contributed by atoms with van der Waals surface area (Å²) < 4.78 is 2.07. The average Bonchev–Trinajstić information content (AvgIpc) is 2.66. The third-order valence-corrected chi connectivity index (χ3v) is 4.79. The first-order chi connectivity index (χ1) is 8.74. The summed E-state index contributed by atoms with van der Waals surface area (Å²) in [6, 6.07) is 2.04. The fraction of sp³-hybridized carbons (Fsp3) is 0.538. The van der Waals surface area contributed by atoms with Crippen LogP contribution in [-0.4, -0.2) is 25.5 Å². The van der Waals surface area contributed by atoms with Crippen LogP contribution in [-0.2, 0) is 6.54 Å². The predicted molar refractivity (Wildman–Crippen MR) is 76.8 cm³/mol. The van der Waals surface area contributed by atoms with E-state index in [-0.39, 0.29) is 0 Å². The van der Waals surface area contributed by atoms with Crippen LogP contribution >= 0.6 is 11.8 Å². The summed E-state index contributed by atoms with van der Waals surface area (Å²) >= 11 is 2.05. The van der Waals surface area contributed by atoms with Gasteiger partial charge in [-0.05, 0) is 37.1 Å². The molecule has 0 aromatic carbocycles. The Morgan fingerprint density at radius 3 is 3.17 bits per heavy atom. The van der Waals surface area contributed by atoms with E-state index in [1.54, 1.807) is 0 Å². The lowest BCUT2D eigenvalue weighted by Crippen LogP contribution is -2.18. The van der Waals surface area contributed by atoms with Crippen molar-refractivity contribution < 1.29 is 0 Å². The molecule has 0 bridgehead atoms. The van der Waals surface area contributed by atoms with Gasteiger partial charge in [0.15, 0.2) is 5.65 Å². The maximum atomic E-state index is 6.02. The quantitative estimate of drug-likeness (QED) is 0.904. The van der Waals surface area contributed by atoms with E-state index < -0.39 is 0 Å². The number of nitrogens with zero attached hydrogens (tertiary/aromatic N) is 3. The highest BCUT2D eigenvalue weighted by Gasteiger charge is 2.18. The summed E-state index contributed by atoms with van der Waals surface area (Å²) in [5.41, 5.74) is 8.98. The van der Waals surface area contributed by atoms with E-state index in [0.29, 0.717) is 11.2 Å². The molecule has 0 amide bonds. The number of imidazole rings is 1. The zero-order chi connectivity index (χ0) is 12.5. The first kappa shape index (κ1) is 11.8. The van der Waals surface area contributed by atoms with E-state index in [1.807, 2.05) is 30.9 Å². The summed E-state index contributed by atoms with van der Waals surface area (Å²) in [4.78, 5) is 8.89. The van der Waals surface area contributed by atoms with Crippen LogP contribution in [0.1, 0.15) is 24.8 Å². The van der Waals surface area contributed by atoms with E-state index in [0.717, 1.165) is 23.3 Å². The van der Waals surface area contributed by atoms with Gasteiger partial charge in [0.25, 0.3) is 0 Å². The van der Waals surface area contributed by atoms with Crippen molar-refractivity contribution in [3.8, 4) is 0 Å². The number of pyridine rings is 1. The van der Waals surface area contributed by atoms with Gasteiger partial charge in [0.2, 0.25) is 5.95 Å².